The van der Waals surface area contributed by atoms with Gasteiger partial charge in [-0.3, -0.25) is 13.7 Å². The van der Waals surface area contributed by atoms with Crippen LogP contribution in [0.3, 0.4) is 0 Å². The number of ether oxygens (including phenoxy) is 1. The molecule has 4 unspecified atom stereocenters. The maximum Gasteiger partial charge on any atom is 0.479 e. The Labute approximate surface area is 159 Å². The van der Waals surface area contributed by atoms with E-state index in [0.717, 1.165) is 38.0 Å². The van der Waals surface area contributed by atoms with Crippen molar-refractivity contribution in [2.75, 3.05) is 19.9 Å². The summed E-state index contributed by atoms with van der Waals surface area (Å²) in [4.78, 5) is 18.8. The second kappa shape index (κ2) is 8.29. The predicted molar refractivity (Wildman–Crippen MR) is 98.7 cm³/mol. The van der Waals surface area contributed by atoms with Crippen molar-refractivity contribution in [2.45, 2.75) is 57.2 Å². The van der Waals surface area contributed by atoms with Crippen molar-refractivity contribution < 1.29 is 41.4 Å². The highest BCUT2D eigenvalue weighted by atomic mass is 31.3. The lowest BCUT2D eigenvalue weighted by Crippen LogP contribution is -2.42. The van der Waals surface area contributed by atoms with Crippen molar-refractivity contribution in [1.82, 2.24) is 0 Å². The zero-order chi connectivity index (χ0) is 19.9. The van der Waals surface area contributed by atoms with Gasteiger partial charge in [0.2, 0.25) is 0 Å². The van der Waals surface area contributed by atoms with Gasteiger partial charge in [0, 0.05) is 13.3 Å². The molecule has 1 heterocycles. The highest BCUT2D eigenvalue weighted by molar-refractivity contribution is 7.70. The van der Waals surface area contributed by atoms with Gasteiger partial charge in [-0.1, -0.05) is 19.3 Å². The van der Waals surface area contributed by atoms with Gasteiger partial charge in [0.1, 0.15) is 0 Å². The normalized spacial score (nSPS) is 38.2. The van der Waals surface area contributed by atoms with E-state index >= 15 is 0 Å². The van der Waals surface area contributed by atoms with Gasteiger partial charge in [-0.05, 0) is 43.4 Å². The number of hydrogen-bond donors (Lipinski definition) is 2. The van der Waals surface area contributed by atoms with Gasteiger partial charge in [0.15, 0.2) is 0 Å². The Bertz CT molecular complexity index is 673. The molecule has 1 aliphatic heterocycles. The lowest BCUT2D eigenvalue weighted by atomic mass is 9.59. The average Bonchev–Trinajstić information content (AvgIpc) is 2.83. The fourth-order valence-electron chi connectivity index (χ4n) is 4.32. The number of phosphoric acid groups is 1. The van der Waals surface area contributed by atoms with E-state index in [1.165, 1.54) is 32.1 Å². The molecule has 9 nitrogen and oxygen atoms in total. The van der Waals surface area contributed by atoms with Crippen molar-refractivity contribution in [1.29, 1.82) is 0 Å². The van der Waals surface area contributed by atoms with E-state index in [4.69, 9.17) is 14.2 Å². The molecule has 3 fully saturated rings. The van der Waals surface area contributed by atoms with Crippen molar-refractivity contribution in [2.24, 2.45) is 17.8 Å². The van der Waals surface area contributed by atoms with E-state index in [1.54, 1.807) is 0 Å². The van der Waals surface area contributed by atoms with Crippen LogP contribution < -0.4 is 0 Å². The van der Waals surface area contributed by atoms with Gasteiger partial charge < -0.3 is 14.5 Å². The topological polar surface area (TPSA) is 129 Å². The Morgan fingerprint density at radius 1 is 0.926 bits per heavy atom. The molecule has 3 rings (SSSR count). The zero-order valence-corrected chi connectivity index (χ0v) is 18.3. The summed E-state index contributed by atoms with van der Waals surface area (Å²) in [6.07, 6.45) is 7.88. The largest absolute Gasteiger partial charge is 0.479 e. The molecule has 0 radical (unpaired) electrons. The Morgan fingerprint density at radius 2 is 1.59 bits per heavy atom. The van der Waals surface area contributed by atoms with Gasteiger partial charge in [-0.15, -0.1) is 0 Å². The van der Waals surface area contributed by atoms with Gasteiger partial charge in [0.05, 0.1) is 18.8 Å². The van der Waals surface area contributed by atoms with Crippen LogP contribution in [0.5, 0.6) is 0 Å². The Kier molecular flexibility index (Phi) is 6.80. The van der Waals surface area contributed by atoms with Crippen molar-refractivity contribution in [3.8, 4) is 0 Å². The number of hydrogen-bond acceptors (Lipinski definition) is 7. The first-order chi connectivity index (χ1) is 12.4. The van der Waals surface area contributed by atoms with Crippen molar-refractivity contribution >= 4 is 23.0 Å². The molecule has 2 aliphatic carbocycles. The molecule has 12 heteroatoms. The van der Waals surface area contributed by atoms with E-state index in [0.29, 0.717) is 5.92 Å². The van der Waals surface area contributed by atoms with Crippen LogP contribution in [0.4, 0.5) is 0 Å². The van der Waals surface area contributed by atoms with Gasteiger partial charge in [-0.25, -0.2) is 13.2 Å². The highest BCUT2D eigenvalue weighted by Gasteiger charge is 2.46. The summed E-state index contributed by atoms with van der Waals surface area (Å²) in [7, 11) is -13.1. The SMILES string of the molecule is CP(=O)(O)OP(C)(=O)OP(=O)(O)OC[C@@H]1CC[C@H](C2CC[C@H]2C2CCC2)O1. The Balaban J connectivity index is 1.44. The van der Waals surface area contributed by atoms with Gasteiger partial charge >= 0.3 is 23.0 Å². The first kappa shape index (κ1) is 22.1. The Hall–Kier alpha value is 0.450. The summed E-state index contributed by atoms with van der Waals surface area (Å²) in [5.41, 5.74) is 0. The maximum absolute atomic E-state index is 12.0. The quantitative estimate of drug-likeness (QED) is 0.502. The summed E-state index contributed by atoms with van der Waals surface area (Å²) in [5.74, 6) is 2.17. The zero-order valence-electron chi connectivity index (χ0n) is 15.6. The molecule has 2 N–H and O–H groups in total. The lowest BCUT2D eigenvalue weighted by Gasteiger charge is -2.48. The molecule has 0 aromatic heterocycles. The van der Waals surface area contributed by atoms with E-state index in [1.807, 2.05) is 0 Å². The molecule has 0 spiro atoms. The molecule has 27 heavy (non-hydrogen) atoms. The molecule has 0 aromatic rings. The third kappa shape index (κ3) is 6.21. The summed E-state index contributed by atoms with van der Waals surface area (Å²) < 4.78 is 54.8. The van der Waals surface area contributed by atoms with Crippen LogP contribution in [0, 0.1) is 17.8 Å². The molecule has 0 bridgehead atoms. The minimum Gasteiger partial charge on any atom is -0.372 e. The average molecular weight is 446 g/mol. The van der Waals surface area contributed by atoms with E-state index in [9.17, 15) is 18.6 Å². The van der Waals surface area contributed by atoms with E-state index in [2.05, 4.69) is 8.62 Å². The van der Waals surface area contributed by atoms with Crippen LogP contribution in [0.15, 0.2) is 0 Å². The molecule has 1 saturated heterocycles. The van der Waals surface area contributed by atoms with Crippen molar-refractivity contribution in [3.05, 3.63) is 0 Å². The molecule has 0 aromatic carbocycles. The second-order valence-electron chi connectivity index (χ2n) is 7.97. The summed E-state index contributed by atoms with van der Waals surface area (Å²) in [5, 5.41) is 0. The first-order valence-corrected chi connectivity index (χ1v) is 14.9. The van der Waals surface area contributed by atoms with Gasteiger partial charge in [0.25, 0.3) is 0 Å². The fraction of sp³-hybridized carbons (Fsp3) is 1.00. The third-order valence-corrected chi connectivity index (χ3v) is 10.6. The molecule has 2 saturated carbocycles. The smallest absolute Gasteiger partial charge is 0.372 e. The number of phosphoric ester groups is 1. The number of rotatable bonds is 9. The van der Waals surface area contributed by atoms with Crippen molar-refractivity contribution in [3.63, 3.8) is 0 Å². The summed E-state index contributed by atoms with van der Waals surface area (Å²) >= 11 is 0. The molecule has 158 valence electrons. The second-order valence-corrected chi connectivity index (χ2v) is 13.6. The maximum atomic E-state index is 12.0. The van der Waals surface area contributed by atoms with E-state index < -0.39 is 23.0 Å². The van der Waals surface area contributed by atoms with Crippen LogP contribution in [-0.4, -0.2) is 41.9 Å². The third-order valence-electron chi connectivity index (χ3n) is 5.73. The molecule has 3 aliphatic rings. The minimum atomic E-state index is -4.71. The standard InChI is InChI=1S/C15H29O9P3/c1-25(16,17)23-26(2,18)24-27(19,20)21-10-12-6-9-15(22-12)14-8-7-13(14)11-4-3-5-11/h11-15H,3-10H2,1-2H3,(H,16,17)(H,19,20)/t12-,13-,14?,15+,26?/m0/s1. The predicted octanol–water partition coefficient (Wildman–Crippen LogP) is 4.15. The first-order valence-electron chi connectivity index (χ1n) is 9.37. The molecular formula is C15H29O9P3. The molecular weight excluding hydrogens is 417 g/mol. The minimum absolute atomic E-state index is 0.165. The fourth-order valence-corrected chi connectivity index (χ4v) is 8.95. The molecule has 0 amide bonds. The van der Waals surface area contributed by atoms with Crippen LogP contribution >= 0.6 is 23.0 Å². The van der Waals surface area contributed by atoms with Crippen LogP contribution in [0.25, 0.3) is 0 Å². The summed E-state index contributed by atoms with van der Waals surface area (Å²) in [6.45, 7) is 1.47. The molecule has 7 atom stereocenters. The lowest BCUT2D eigenvalue weighted by molar-refractivity contribution is -0.0755. The summed E-state index contributed by atoms with van der Waals surface area (Å²) in [6, 6.07) is 0. The Morgan fingerprint density at radius 3 is 2.11 bits per heavy atom. The van der Waals surface area contributed by atoms with Crippen LogP contribution in [0.2, 0.25) is 0 Å². The van der Waals surface area contributed by atoms with Gasteiger partial charge in [-0.2, -0.15) is 0 Å². The van der Waals surface area contributed by atoms with E-state index in [-0.39, 0.29) is 18.8 Å². The monoisotopic (exact) mass is 446 g/mol. The van der Waals surface area contributed by atoms with Crippen LogP contribution in [0.1, 0.15) is 44.9 Å². The highest BCUT2D eigenvalue weighted by Crippen LogP contribution is 2.66. The van der Waals surface area contributed by atoms with Crippen LogP contribution in [-0.2, 0) is 31.6 Å².